The third-order valence-electron chi connectivity index (χ3n) is 4.98. The Kier molecular flexibility index (Phi) is 4.22. The lowest BCUT2D eigenvalue weighted by Crippen LogP contribution is -2.22. The van der Waals surface area contributed by atoms with E-state index in [1.54, 1.807) is 23.5 Å². The van der Waals surface area contributed by atoms with Gasteiger partial charge in [-0.05, 0) is 29.6 Å². The summed E-state index contributed by atoms with van der Waals surface area (Å²) in [5, 5.41) is 6.67. The van der Waals surface area contributed by atoms with Crippen molar-refractivity contribution in [3.63, 3.8) is 0 Å². The van der Waals surface area contributed by atoms with Crippen LogP contribution in [0.25, 0.3) is 32.1 Å². The lowest BCUT2D eigenvalue weighted by molar-refractivity contribution is 0.102. The first-order chi connectivity index (χ1) is 14.2. The summed E-state index contributed by atoms with van der Waals surface area (Å²) in [5.74, 6) is -0.427. The number of amides is 1. The molecule has 2 heterocycles. The van der Waals surface area contributed by atoms with E-state index in [4.69, 9.17) is 0 Å². The number of aromatic amines is 1. The monoisotopic (exact) mass is 396 g/mol. The minimum Gasteiger partial charge on any atom is -0.360 e. The highest BCUT2D eigenvalue weighted by Crippen LogP contribution is 2.37. The number of anilines is 1. The van der Waals surface area contributed by atoms with Crippen LogP contribution in [-0.4, -0.2) is 10.9 Å². The molecule has 0 atom stereocenters. The van der Waals surface area contributed by atoms with Crippen LogP contribution >= 0.6 is 11.3 Å². The van der Waals surface area contributed by atoms with Gasteiger partial charge in [0.15, 0.2) is 0 Å². The molecule has 0 aliphatic rings. The number of carbonyl (C=O) groups is 1. The summed E-state index contributed by atoms with van der Waals surface area (Å²) < 4.78 is 1.19. The fourth-order valence-corrected chi connectivity index (χ4v) is 4.50. The smallest absolute Gasteiger partial charge is 0.261 e. The molecule has 29 heavy (non-hydrogen) atoms. The van der Waals surface area contributed by atoms with Gasteiger partial charge < -0.3 is 10.3 Å². The van der Waals surface area contributed by atoms with Gasteiger partial charge in [-0.1, -0.05) is 48.5 Å². The van der Waals surface area contributed by atoms with Crippen molar-refractivity contribution in [1.82, 2.24) is 4.98 Å². The maximum atomic E-state index is 12.9. The quantitative estimate of drug-likeness (QED) is 0.413. The van der Waals surface area contributed by atoms with Crippen molar-refractivity contribution in [2.75, 3.05) is 5.32 Å². The molecule has 1 amide bonds. The molecule has 0 saturated heterocycles. The zero-order valence-corrected chi connectivity index (χ0v) is 16.1. The molecule has 3 aromatic carbocycles. The molecule has 4 nitrogen and oxygen atoms in total. The van der Waals surface area contributed by atoms with Crippen molar-refractivity contribution in [3.05, 3.63) is 100 Å². The number of thiophene rings is 1. The van der Waals surface area contributed by atoms with Crippen LogP contribution in [0.1, 0.15) is 10.4 Å². The molecule has 2 N–H and O–H groups in total. The maximum Gasteiger partial charge on any atom is 0.261 e. The van der Waals surface area contributed by atoms with Gasteiger partial charge in [0.2, 0.25) is 5.43 Å². The molecule has 0 unspecified atom stereocenters. The number of benzene rings is 3. The van der Waals surface area contributed by atoms with E-state index in [9.17, 15) is 9.59 Å². The highest BCUT2D eigenvalue weighted by Gasteiger charge is 2.16. The number of rotatable bonds is 3. The van der Waals surface area contributed by atoms with Gasteiger partial charge in [0.25, 0.3) is 5.91 Å². The van der Waals surface area contributed by atoms with Crippen molar-refractivity contribution < 1.29 is 4.79 Å². The average molecular weight is 396 g/mol. The van der Waals surface area contributed by atoms with E-state index in [1.165, 1.54) is 10.9 Å². The topological polar surface area (TPSA) is 62.0 Å². The van der Waals surface area contributed by atoms with Gasteiger partial charge >= 0.3 is 0 Å². The van der Waals surface area contributed by atoms with E-state index in [-0.39, 0.29) is 11.0 Å². The molecule has 0 spiro atoms. The molecule has 0 aliphatic heterocycles. The van der Waals surface area contributed by atoms with E-state index < -0.39 is 5.91 Å². The normalized spacial score (nSPS) is 11.0. The number of aromatic nitrogens is 1. The highest BCUT2D eigenvalue weighted by atomic mass is 32.1. The summed E-state index contributed by atoms with van der Waals surface area (Å²) >= 11 is 1.67. The average Bonchev–Trinajstić information content (AvgIpc) is 3.18. The number of hydrogen-bond donors (Lipinski definition) is 2. The van der Waals surface area contributed by atoms with E-state index in [0.29, 0.717) is 16.6 Å². The van der Waals surface area contributed by atoms with Gasteiger partial charge in [0.05, 0.1) is 0 Å². The van der Waals surface area contributed by atoms with Crippen LogP contribution in [0.3, 0.4) is 0 Å². The zero-order chi connectivity index (χ0) is 19.8. The molecule has 0 fully saturated rings. The molecule has 0 bridgehead atoms. The lowest BCUT2D eigenvalue weighted by atomic mass is 10.0. The summed E-state index contributed by atoms with van der Waals surface area (Å²) in [6.07, 6.45) is 1.47. The number of pyridine rings is 1. The SMILES string of the molecule is O=C(Nc1ccccc1-c1csc2ccccc12)c1c[nH]c2ccccc2c1=O. The fourth-order valence-electron chi connectivity index (χ4n) is 3.54. The Morgan fingerprint density at radius 2 is 1.55 bits per heavy atom. The predicted molar refractivity (Wildman–Crippen MR) is 120 cm³/mol. The molecular weight excluding hydrogens is 380 g/mol. The third kappa shape index (κ3) is 3.02. The van der Waals surface area contributed by atoms with Gasteiger partial charge in [-0.15, -0.1) is 11.3 Å². The van der Waals surface area contributed by atoms with Crippen LogP contribution in [0, 0.1) is 0 Å². The molecule has 140 valence electrons. The Balaban J connectivity index is 1.56. The number of carbonyl (C=O) groups excluding carboxylic acids is 1. The summed E-state index contributed by atoms with van der Waals surface area (Å²) in [6, 6.07) is 23.0. The summed E-state index contributed by atoms with van der Waals surface area (Å²) in [4.78, 5) is 28.7. The summed E-state index contributed by atoms with van der Waals surface area (Å²) in [5.41, 5.74) is 3.18. The van der Waals surface area contributed by atoms with Crippen molar-refractivity contribution in [2.24, 2.45) is 0 Å². The van der Waals surface area contributed by atoms with E-state index in [0.717, 1.165) is 16.5 Å². The van der Waals surface area contributed by atoms with Gasteiger partial charge in [0.1, 0.15) is 5.56 Å². The van der Waals surface area contributed by atoms with Crippen LogP contribution in [-0.2, 0) is 0 Å². The number of H-pyrrole nitrogens is 1. The van der Waals surface area contributed by atoms with Crippen LogP contribution in [0.15, 0.2) is 89.2 Å². The first-order valence-corrected chi connectivity index (χ1v) is 10.1. The number of nitrogens with one attached hydrogen (secondary N) is 2. The van der Waals surface area contributed by atoms with Crippen LogP contribution in [0.2, 0.25) is 0 Å². The molecule has 0 saturated carbocycles. The number of fused-ring (bicyclic) bond motifs is 2. The second-order valence-corrected chi connectivity index (χ2v) is 7.63. The van der Waals surface area contributed by atoms with Gasteiger partial charge in [-0.3, -0.25) is 9.59 Å². The van der Waals surface area contributed by atoms with Crippen molar-refractivity contribution in [3.8, 4) is 11.1 Å². The summed E-state index contributed by atoms with van der Waals surface area (Å²) in [6.45, 7) is 0. The molecule has 0 radical (unpaired) electrons. The lowest BCUT2D eigenvalue weighted by Gasteiger charge is -2.11. The molecule has 5 aromatic rings. The van der Waals surface area contributed by atoms with Crippen LogP contribution in [0.5, 0.6) is 0 Å². The standard InChI is InChI=1S/C24H16N2O2S/c27-23-17-9-2-4-10-20(17)25-13-18(23)24(28)26-21-11-5-1-7-15(21)19-14-29-22-12-6-3-8-16(19)22/h1-14H,(H,25,27)(H,26,28). The van der Waals surface area contributed by atoms with Gasteiger partial charge in [-0.2, -0.15) is 0 Å². The first kappa shape index (κ1) is 17.4. The molecule has 5 rings (SSSR count). The van der Waals surface area contributed by atoms with E-state index >= 15 is 0 Å². The number of para-hydroxylation sites is 2. The van der Waals surface area contributed by atoms with Gasteiger partial charge in [-0.25, -0.2) is 0 Å². The van der Waals surface area contributed by atoms with Crippen molar-refractivity contribution >= 4 is 43.9 Å². The molecule has 0 aliphatic carbocycles. The molecular formula is C24H16N2O2S. The van der Waals surface area contributed by atoms with Gasteiger partial charge in [0, 0.05) is 44.0 Å². The minimum absolute atomic E-state index is 0.0914. The van der Waals surface area contributed by atoms with Crippen LogP contribution < -0.4 is 10.7 Å². The van der Waals surface area contributed by atoms with Crippen LogP contribution in [0.4, 0.5) is 5.69 Å². The molecule has 2 aromatic heterocycles. The first-order valence-electron chi connectivity index (χ1n) is 9.20. The number of hydrogen-bond acceptors (Lipinski definition) is 3. The fraction of sp³-hybridized carbons (Fsp3) is 0. The maximum absolute atomic E-state index is 12.9. The van der Waals surface area contributed by atoms with Crippen molar-refractivity contribution in [2.45, 2.75) is 0 Å². The Hall–Kier alpha value is -3.70. The Bertz CT molecular complexity index is 1430. The predicted octanol–water partition coefficient (Wildman–Crippen LogP) is 5.66. The second-order valence-electron chi connectivity index (χ2n) is 6.72. The third-order valence-corrected chi connectivity index (χ3v) is 5.94. The van der Waals surface area contributed by atoms with E-state index in [2.05, 4.69) is 27.8 Å². The van der Waals surface area contributed by atoms with E-state index in [1.807, 2.05) is 48.5 Å². The Labute approximate surface area is 170 Å². The largest absolute Gasteiger partial charge is 0.360 e. The minimum atomic E-state index is -0.427. The Morgan fingerprint density at radius 3 is 2.45 bits per heavy atom. The second kappa shape index (κ2) is 7.04. The molecule has 5 heteroatoms. The van der Waals surface area contributed by atoms with Crippen molar-refractivity contribution in [1.29, 1.82) is 0 Å². The summed E-state index contributed by atoms with van der Waals surface area (Å²) in [7, 11) is 0. The zero-order valence-electron chi connectivity index (χ0n) is 15.3. The Morgan fingerprint density at radius 1 is 0.828 bits per heavy atom. The highest BCUT2D eigenvalue weighted by molar-refractivity contribution is 7.17.